The predicted octanol–water partition coefficient (Wildman–Crippen LogP) is 1.65. The van der Waals surface area contributed by atoms with Gasteiger partial charge in [0.25, 0.3) is 0 Å². The van der Waals surface area contributed by atoms with Crippen molar-refractivity contribution in [1.82, 2.24) is 4.90 Å². The highest BCUT2D eigenvalue weighted by atomic mass is 16.6. The molecule has 0 spiro atoms. The largest absolute Gasteiger partial charge is 0.486 e. The number of likely N-dealkylation sites (tertiary alicyclic amines) is 1. The molecule has 2 saturated heterocycles. The highest BCUT2D eigenvalue weighted by molar-refractivity contribution is 5.92. The van der Waals surface area contributed by atoms with Gasteiger partial charge in [-0.15, -0.1) is 0 Å². The molecule has 0 aromatic heterocycles. The number of carbonyl (C=O) groups excluding carboxylic acids is 1. The van der Waals surface area contributed by atoms with E-state index in [-0.39, 0.29) is 17.9 Å². The number of anilines is 1. The first-order valence-corrected chi connectivity index (χ1v) is 9.76. The summed E-state index contributed by atoms with van der Waals surface area (Å²) in [5.74, 6) is 1.35. The zero-order valence-electron chi connectivity index (χ0n) is 15.8. The second-order valence-electron chi connectivity index (χ2n) is 7.88. The van der Waals surface area contributed by atoms with Crippen molar-refractivity contribution in [3.8, 4) is 11.5 Å². The number of carbonyl (C=O) groups is 1. The average molecular weight is 376 g/mol. The van der Waals surface area contributed by atoms with Gasteiger partial charge >= 0.3 is 0 Å². The van der Waals surface area contributed by atoms with Gasteiger partial charge < -0.3 is 24.6 Å². The molecule has 3 aliphatic heterocycles. The molecule has 1 aromatic rings. The number of benzene rings is 1. The van der Waals surface area contributed by atoms with Crippen LogP contribution in [0.25, 0.3) is 0 Å². The fraction of sp³-hybridized carbons (Fsp3) is 0.650. The molecule has 3 atom stereocenters. The Balaban J connectivity index is 1.38. The third kappa shape index (κ3) is 4.05. The Kier molecular flexibility index (Phi) is 5.25. The maximum Gasteiger partial charge on any atom is 0.238 e. The lowest BCUT2D eigenvalue weighted by Gasteiger charge is -2.43. The lowest BCUT2D eigenvalue weighted by atomic mass is 9.79. The number of ether oxygens (including phenoxy) is 3. The molecule has 0 aliphatic carbocycles. The maximum absolute atomic E-state index is 12.6. The first kappa shape index (κ1) is 18.5. The standard InChI is InChI=1S/C20H28N2O5/c1-20(24)6-8-25-13-15(20)16-3-2-7-22(16)12-19(23)21-14-4-5-17-18(11-14)27-10-9-26-17/h4-5,11,15-16,24H,2-3,6-10,12-13H2,1H3,(H,21,23). The summed E-state index contributed by atoms with van der Waals surface area (Å²) < 4.78 is 16.7. The fourth-order valence-corrected chi connectivity index (χ4v) is 4.39. The van der Waals surface area contributed by atoms with E-state index < -0.39 is 5.60 Å². The van der Waals surface area contributed by atoms with Crippen LogP contribution in [0.3, 0.4) is 0 Å². The molecule has 0 saturated carbocycles. The van der Waals surface area contributed by atoms with Gasteiger partial charge in [0.1, 0.15) is 13.2 Å². The third-order valence-corrected chi connectivity index (χ3v) is 5.90. The summed E-state index contributed by atoms with van der Waals surface area (Å²) in [4.78, 5) is 14.8. The molecular weight excluding hydrogens is 348 g/mol. The number of rotatable bonds is 4. The zero-order valence-corrected chi connectivity index (χ0v) is 15.8. The number of amides is 1. The lowest BCUT2D eigenvalue weighted by molar-refractivity contribution is -0.129. The van der Waals surface area contributed by atoms with Crippen LogP contribution in [-0.4, -0.2) is 67.1 Å². The first-order valence-electron chi connectivity index (χ1n) is 9.76. The van der Waals surface area contributed by atoms with Crippen LogP contribution < -0.4 is 14.8 Å². The number of nitrogens with zero attached hydrogens (tertiary/aromatic N) is 1. The van der Waals surface area contributed by atoms with E-state index in [0.717, 1.165) is 19.4 Å². The number of hydrogen-bond donors (Lipinski definition) is 2. The molecule has 2 fully saturated rings. The van der Waals surface area contributed by atoms with Crippen LogP contribution in [-0.2, 0) is 9.53 Å². The molecule has 2 N–H and O–H groups in total. The number of hydrogen-bond acceptors (Lipinski definition) is 6. The molecule has 0 radical (unpaired) electrons. The van der Waals surface area contributed by atoms with E-state index in [1.807, 2.05) is 19.1 Å². The SMILES string of the molecule is CC1(O)CCOCC1C1CCCN1CC(=O)Nc1ccc2c(c1)OCCO2. The monoisotopic (exact) mass is 376 g/mol. The normalized spacial score (nSPS) is 30.9. The minimum Gasteiger partial charge on any atom is -0.486 e. The van der Waals surface area contributed by atoms with E-state index in [1.165, 1.54) is 0 Å². The minimum atomic E-state index is -0.738. The van der Waals surface area contributed by atoms with Crippen molar-refractivity contribution in [3.63, 3.8) is 0 Å². The summed E-state index contributed by atoms with van der Waals surface area (Å²) >= 11 is 0. The smallest absolute Gasteiger partial charge is 0.238 e. The minimum absolute atomic E-state index is 0.0378. The fourth-order valence-electron chi connectivity index (χ4n) is 4.39. The van der Waals surface area contributed by atoms with Crippen LogP contribution in [0.4, 0.5) is 5.69 Å². The molecule has 3 aliphatic rings. The Labute approximate surface area is 159 Å². The van der Waals surface area contributed by atoms with Crippen LogP contribution in [0.5, 0.6) is 11.5 Å². The molecule has 7 heteroatoms. The second kappa shape index (κ2) is 7.66. The predicted molar refractivity (Wildman–Crippen MR) is 100 cm³/mol. The highest BCUT2D eigenvalue weighted by Crippen LogP contribution is 2.36. The molecular formula is C20H28N2O5. The van der Waals surface area contributed by atoms with E-state index in [2.05, 4.69) is 10.2 Å². The summed E-state index contributed by atoms with van der Waals surface area (Å²) in [6, 6.07) is 5.62. The Bertz CT molecular complexity index is 693. The van der Waals surface area contributed by atoms with E-state index in [9.17, 15) is 9.90 Å². The van der Waals surface area contributed by atoms with Crippen molar-refractivity contribution in [2.45, 2.75) is 37.8 Å². The highest BCUT2D eigenvalue weighted by Gasteiger charge is 2.44. The van der Waals surface area contributed by atoms with Gasteiger partial charge in [-0.3, -0.25) is 9.69 Å². The lowest BCUT2D eigenvalue weighted by Crippen LogP contribution is -2.53. The zero-order chi connectivity index (χ0) is 18.9. The van der Waals surface area contributed by atoms with Crippen LogP contribution in [0, 0.1) is 5.92 Å². The number of fused-ring (bicyclic) bond motifs is 1. The van der Waals surface area contributed by atoms with Crippen LogP contribution >= 0.6 is 0 Å². The quantitative estimate of drug-likeness (QED) is 0.832. The summed E-state index contributed by atoms with van der Waals surface area (Å²) in [7, 11) is 0. The maximum atomic E-state index is 12.6. The third-order valence-electron chi connectivity index (χ3n) is 5.90. The summed E-state index contributed by atoms with van der Waals surface area (Å²) in [6.45, 7) is 5.29. The van der Waals surface area contributed by atoms with Gasteiger partial charge in [-0.05, 0) is 44.9 Å². The van der Waals surface area contributed by atoms with Crippen molar-refractivity contribution < 1.29 is 24.1 Å². The van der Waals surface area contributed by atoms with Crippen LogP contribution in [0.2, 0.25) is 0 Å². The van der Waals surface area contributed by atoms with Crippen LogP contribution in [0.15, 0.2) is 18.2 Å². The molecule has 1 amide bonds. The van der Waals surface area contributed by atoms with Gasteiger partial charge in [-0.1, -0.05) is 0 Å². The summed E-state index contributed by atoms with van der Waals surface area (Å²) in [6.07, 6.45) is 2.67. The Morgan fingerprint density at radius 2 is 2.11 bits per heavy atom. The van der Waals surface area contributed by atoms with Crippen molar-refractivity contribution in [1.29, 1.82) is 0 Å². The number of nitrogens with one attached hydrogen (secondary N) is 1. The summed E-state index contributed by atoms with van der Waals surface area (Å²) in [5, 5.41) is 13.7. The van der Waals surface area contributed by atoms with Gasteiger partial charge in [0.15, 0.2) is 11.5 Å². The van der Waals surface area contributed by atoms with Crippen molar-refractivity contribution in [2.24, 2.45) is 5.92 Å². The van der Waals surface area contributed by atoms with Crippen LogP contribution in [0.1, 0.15) is 26.2 Å². The number of aliphatic hydroxyl groups is 1. The summed E-state index contributed by atoms with van der Waals surface area (Å²) in [5.41, 5.74) is -0.0364. The molecule has 3 unspecified atom stereocenters. The van der Waals surface area contributed by atoms with Crippen molar-refractivity contribution in [3.05, 3.63) is 18.2 Å². The van der Waals surface area contributed by atoms with E-state index in [1.54, 1.807) is 6.07 Å². The van der Waals surface area contributed by atoms with Crippen molar-refractivity contribution >= 4 is 11.6 Å². The van der Waals surface area contributed by atoms with E-state index >= 15 is 0 Å². The molecule has 0 bridgehead atoms. The van der Waals surface area contributed by atoms with Crippen molar-refractivity contribution in [2.75, 3.05) is 44.8 Å². The van der Waals surface area contributed by atoms with Gasteiger partial charge in [0.2, 0.25) is 5.91 Å². The average Bonchev–Trinajstić information content (AvgIpc) is 3.08. The van der Waals surface area contributed by atoms with Gasteiger partial charge in [0.05, 0.1) is 18.8 Å². The molecule has 27 heavy (non-hydrogen) atoms. The van der Waals surface area contributed by atoms with E-state index in [0.29, 0.717) is 56.6 Å². The molecule has 148 valence electrons. The second-order valence-corrected chi connectivity index (χ2v) is 7.88. The Morgan fingerprint density at radius 3 is 2.93 bits per heavy atom. The van der Waals surface area contributed by atoms with E-state index in [4.69, 9.17) is 14.2 Å². The van der Waals surface area contributed by atoms with Gasteiger partial charge in [0, 0.05) is 30.3 Å². The molecule has 4 rings (SSSR count). The Morgan fingerprint density at radius 1 is 1.30 bits per heavy atom. The first-order chi connectivity index (χ1) is 13.0. The van der Waals surface area contributed by atoms with Gasteiger partial charge in [-0.2, -0.15) is 0 Å². The Hall–Kier alpha value is -1.83. The van der Waals surface area contributed by atoms with Gasteiger partial charge in [-0.25, -0.2) is 0 Å². The molecule has 7 nitrogen and oxygen atoms in total. The molecule has 3 heterocycles. The topological polar surface area (TPSA) is 80.3 Å². The molecule has 1 aromatic carbocycles.